The first-order valence-corrected chi connectivity index (χ1v) is 6.00. The molecule has 1 fully saturated rings. The van der Waals surface area contributed by atoms with Crippen molar-refractivity contribution in [3.8, 4) is 6.07 Å². The molecule has 0 aromatic heterocycles. The van der Waals surface area contributed by atoms with Gasteiger partial charge in [-0.05, 0) is 18.3 Å². The lowest BCUT2D eigenvalue weighted by Gasteiger charge is -2.09. The van der Waals surface area contributed by atoms with Gasteiger partial charge in [0, 0.05) is 6.42 Å². The molecule has 0 radical (unpaired) electrons. The maximum absolute atomic E-state index is 11.3. The number of nitrogens with zero attached hydrogens (tertiary/aromatic N) is 1. The molecule has 0 aromatic carbocycles. The molecule has 1 saturated carbocycles. The molecule has 0 saturated heterocycles. The highest BCUT2D eigenvalue weighted by Crippen LogP contribution is 2.49. The molecule has 0 atom stereocenters. The van der Waals surface area contributed by atoms with Crippen LogP contribution >= 0.6 is 0 Å². The van der Waals surface area contributed by atoms with Crippen LogP contribution in [0.25, 0.3) is 0 Å². The second kappa shape index (κ2) is 3.58. The van der Waals surface area contributed by atoms with Crippen molar-refractivity contribution in [1.82, 2.24) is 0 Å². The molecule has 6 heteroatoms. The predicted octanol–water partition coefficient (Wildman–Crippen LogP) is 0.180. The van der Waals surface area contributed by atoms with E-state index in [1.165, 1.54) is 0 Å². The van der Waals surface area contributed by atoms with Crippen LogP contribution in [-0.2, 0) is 14.6 Å². The van der Waals surface area contributed by atoms with Crippen LogP contribution in [0, 0.1) is 16.7 Å². The summed E-state index contributed by atoms with van der Waals surface area (Å²) in [4.78, 5) is 10.2. The van der Waals surface area contributed by atoms with Gasteiger partial charge >= 0.3 is 5.97 Å². The van der Waals surface area contributed by atoms with Gasteiger partial charge in [0.25, 0.3) is 0 Å². The first kappa shape index (κ1) is 11.0. The third-order valence-corrected chi connectivity index (χ3v) is 4.02. The highest BCUT2D eigenvalue weighted by molar-refractivity contribution is 7.92. The van der Waals surface area contributed by atoms with E-state index in [2.05, 4.69) is 0 Å². The molecule has 1 aliphatic rings. The number of sulfone groups is 1. The van der Waals surface area contributed by atoms with Gasteiger partial charge in [-0.3, -0.25) is 4.79 Å². The van der Waals surface area contributed by atoms with Crippen molar-refractivity contribution in [2.24, 2.45) is 5.41 Å². The van der Waals surface area contributed by atoms with Crippen LogP contribution in [0.2, 0.25) is 0 Å². The second-order valence-electron chi connectivity index (χ2n) is 3.76. The van der Waals surface area contributed by atoms with Gasteiger partial charge in [-0.2, -0.15) is 5.26 Å². The highest BCUT2D eigenvalue weighted by Gasteiger charge is 2.46. The van der Waals surface area contributed by atoms with E-state index in [9.17, 15) is 13.2 Å². The minimum atomic E-state index is -3.55. The Balaban J connectivity index is 2.60. The van der Waals surface area contributed by atoms with Crippen LogP contribution in [0.5, 0.6) is 0 Å². The van der Waals surface area contributed by atoms with E-state index >= 15 is 0 Å². The van der Waals surface area contributed by atoms with E-state index < -0.39 is 27.0 Å². The molecule has 1 rings (SSSR count). The fraction of sp³-hybridized carbons (Fsp3) is 0.750. The van der Waals surface area contributed by atoms with E-state index in [1.54, 1.807) is 0 Å². The fourth-order valence-corrected chi connectivity index (χ4v) is 3.22. The van der Waals surface area contributed by atoms with Gasteiger partial charge < -0.3 is 5.11 Å². The molecule has 0 heterocycles. The number of carboxylic acid groups (broad SMARTS) is 1. The van der Waals surface area contributed by atoms with E-state index in [0.717, 1.165) is 0 Å². The van der Waals surface area contributed by atoms with Crippen molar-refractivity contribution < 1.29 is 18.3 Å². The molecular weight excluding hydrogens is 206 g/mol. The minimum absolute atomic E-state index is 0.167. The molecule has 0 aromatic rings. The average molecular weight is 217 g/mol. The van der Waals surface area contributed by atoms with Crippen molar-refractivity contribution in [3.05, 3.63) is 0 Å². The topological polar surface area (TPSA) is 95.2 Å². The number of carbonyl (C=O) groups is 1. The summed E-state index contributed by atoms with van der Waals surface area (Å²) in [5, 5.41) is 16.8. The lowest BCUT2D eigenvalue weighted by Crippen LogP contribution is -2.23. The predicted molar refractivity (Wildman–Crippen MR) is 48.2 cm³/mol. The van der Waals surface area contributed by atoms with Crippen molar-refractivity contribution >= 4 is 15.8 Å². The normalized spacial score (nSPS) is 18.5. The minimum Gasteiger partial charge on any atom is -0.480 e. The van der Waals surface area contributed by atoms with Gasteiger partial charge in [0.15, 0.2) is 9.84 Å². The molecule has 0 amide bonds. The molecule has 5 nitrogen and oxygen atoms in total. The van der Waals surface area contributed by atoms with Gasteiger partial charge in [0.1, 0.15) is 5.75 Å². The molecular formula is C8H11NO4S. The highest BCUT2D eigenvalue weighted by atomic mass is 32.2. The molecule has 1 N–H and O–H groups in total. The lowest BCUT2D eigenvalue weighted by atomic mass is 10.1. The van der Waals surface area contributed by atoms with Crippen molar-refractivity contribution in [2.75, 3.05) is 11.5 Å². The molecule has 14 heavy (non-hydrogen) atoms. The van der Waals surface area contributed by atoms with Crippen molar-refractivity contribution in [3.63, 3.8) is 0 Å². The van der Waals surface area contributed by atoms with E-state index in [0.29, 0.717) is 12.8 Å². The van der Waals surface area contributed by atoms with Gasteiger partial charge in [0.2, 0.25) is 0 Å². The number of rotatable bonds is 5. The van der Waals surface area contributed by atoms with E-state index in [4.69, 9.17) is 10.4 Å². The summed E-state index contributed by atoms with van der Waals surface area (Å²) in [5.74, 6) is -2.34. The van der Waals surface area contributed by atoms with Crippen LogP contribution < -0.4 is 0 Å². The molecule has 78 valence electrons. The van der Waals surface area contributed by atoms with Crippen molar-refractivity contribution in [2.45, 2.75) is 19.3 Å². The molecule has 0 unspecified atom stereocenters. The number of carboxylic acids is 1. The Morgan fingerprint density at radius 3 is 2.43 bits per heavy atom. The van der Waals surface area contributed by atoms with Crippen molar-refractivity contribution in [1.29, 1.82) is 5.26 Å². The summed E-state index contributed by atoms with van der Waals surface area (Å²) in [6.07, 6.45) is 1.62. The summed E-state index contributed by atoms with van der Waals surface area (Å²) >= 11 is 0. The standard InChI is InChI=1S/C8H11NO4S/c9-4-3-8(1-2-8)6-14(12,13)5-7(10)11/h1-3,5-6H2,(H,10,11). The Hall–Kier alpha value is -1.09. The van der Waals surface area contributed by atoms with Gasteiger partial charge in [-0.1, -0.05) is 0 Å². The molecule has 0 aliphatic heterocycles. The maximum atomic E-state index is 11.3. The zero-order chi connectivity index (χ0) is 10.8. The Morgan fingerprint density at radius 2 is 2.07 bits per heavy atom. The number of hydrogen-bond donors (Lipinski definition) is 1. The van der Waals surface area contributed by atoms with Gasteiger partial charge in [-0.15, -0.1) is 0 Å². The third kappa shape index (κ3) is 3.00. The molecule has 1 aliphatic carbocycles. The number of hydrogen-bond acceptors (Lipinski definition) is 4. The van der Waals surface area contributed by atoms with Crippen LogP contribution in [0.1, 0.15) is 19.3 Å². The summed E-state index contributed by atoms with van der Waals surface area (Å²) in [6, 6.07) is 1.93. The Morgan fingerprint density at radius 1 is 1.50 bits per heavy atom. The SMILES string of the molecule is N#CCC1(CS(=O)(=O)CC(=O)O)CC1. The Labute approximate surface area is 82.3 Å². The summed E-state index contributed by atoms with van der Waals surface area (Å²) in [7, 11) is -3.55. The first-order valence-electron chi connectivity index (χ1n) is 4.18. The van der Waals surface area contributed by atoms with Gasteiger partial charge in [0.05, 0.1) is 11.8 Å². The summed E-state index contributed by atoms with van der Waals surface area (Å²) in [5.41, 5.74) is -0.441. The van der Waals surface area contributed by atoms with Crippen LogP contribution in [0.4, 0.5) is 0 Å². The fourth-order valence-electron chi connectivity index (χ4n) is 1.42. The first-order chi connectivity index (χ1) is 6.39. The smallest absolute Gasteiger partial charge is 0.318 e. The Bertz CT molecular complexity index is 375. The quantitative estimate of drug-likeness (QED) is 0.708. The summed E-state index contributed by atoms with van der Waals surface area (Å²) in [6.45, 7) is 0. The Kier molecular flexibility index (Phi) is 2.81. The molecule has 0 spiro atoms. The monoisotopic (exact) mass is 217 g/mol. The molecule has 0 bridgehead atoms. The maximum Gasteiger partial charge on any atom is 0.318 e. The van der Waals surface area contributed by atoms with E-state index in [1.807, 2.05) is 6.07 Å². The van der Waals surface area contributed by atoms with Crippen LogP contribution in [0.3, 0.4) is 0 Å². The van der Waals surface area contributed by atoms with Crippen LogP contribution in [-0.4, -0.2) is 31.0 Å². The largest absolute Gasteiger partial charge is 0.480 e. The van der Waals surface area contributed by atoms with Gasteiger partial charge in [-0.25, -0.2) is 8.42 Å². The zero-order valence-electron chi connectivity index (χ0n) is 7.56. The zero-order valence-corrected chi connectivity index (χ0v) is 8.38. The number of aliphatic carboxylic acids is 1. The lowest BCUT2D eigenvalue weighted by molar-refractivity contribution is -0.134. The van der Waals surface area contributed by atoms with Crippen LogP contribution in [0.15, 0.2) is 0 Å². The second-order valence-corrected chi connectivity index (χ2v) is 5.83. The third-order valence-electron chi connectivity index (χ3n) is 2.28. The summed E-state index contributed by atoms with van der Waals surface area (Å²) < 4.78 is 22.6. The average Bonchev–Trinajstić information content (AvgIpc) is 2.64. The number of nitriles is 1. The van der Waals surface area contributed by atoms with E-state index in [-0.39, 0.29) is 12.2 Å².